The summed E-state index contributed by atoms with van der Waals surface area (Å²) in [5.74, 6) is -0.0724. The summed E-state index contributed by atoms with van der Waals surface area (Å²) < 4.78 is 5.77. The molecule has 0 saturated heterocycles. The second-order valence-corrected chi connectivity index (χ2v) is 5.55. The van der Waals surface area contributed by atoms with Crippen LogP contribution in [0.25, 0.3) is 0 Å². The summed E-state index contributed by atoms with van der Waals surface area (Å²) in [6.07, 6.45) is 3.02. The van der Waals surface area contributed by atoms with Crippen molar-refractivity contribution in [3.05, 3.63) is 23.3 Å². The third-order valence-corrected chi connectivity index (χ3v) is 3.87. The summed E-state index contributed by atoms with van der Waals surface area (Å²) in [4.78, 5) is 13.8. The average molecular weight is 292 g/mol. The zero-order valence-corrected chi connectivity index (χ0v) is 12.8. The largest absolute Gasteiger partial charge is 0.507 e. The first-order valence-corrected chi connectivity index (χ1v) is 7.59. The summed E-state index contributed by atoms with van der Waals surface area (Å²) >= 11 is 0. The molecule has 0 unspecified atom stereocenters. The number of amides is 1. The molecule has 2 rings (SSSR count). The van der Waals surface area contributed by atoms with Crippen LogP contribution >= 0.6 is 0 Å². The number of hydrogen-bond donors (Lipinski definition) is 2. The van der Waals surface area contributed by atoms with E-state index in [1.807, 2.05) is 0 Å². The summed E-state index contributed by atoms with van der Waals surface area (Å²) in [6, 6.07) is 3.47. The number of primary amides is 1. The second kappa shape index (κ2) is 6.80. The van der Waals surface area contributed by atoms with Gasteiger partial charge in [0.15, 0.2) is 0 Å². The first-order valence-electron chi connectivity index (χ1n) is 7.59. The maximum Gasteiger partial charge on any atom is 0.252 e. The first-order chi connectivity index (χ1) is 10.1. The van der Waals surface area contributed by atoms with Gasteiger partial charge < -0.3 is 15.6 Å². The molecule has 0 aromatic heterocycles. The second-order valence-electron chi connectivity index (χ2n) is 5.55. The average Bonchev–Trinajstić information content (AvgIpc) is 2.45. The first kappa shape index (κ1) is 15.6. The lowest BCUT2D eigenvalue weighted by Gasteiger charge is -2.35. The summed E-state index contributed by atoms with van der Waals surface area (Å²) in [5, 5.41) is 9.79. The fraction of sp³-hybridized carbons (Fsp3) is 0.562. The molecule has 0 fully saturated rings. The van der Waals surface area contributed by atoms with Crippen LogP contribution < -0.4 is 10.5 Å². The van der Waals surface area contributed by atoms with Crippen LogP contribution in [-0.2, 0) is 6.42 Å². The van der Waals surface area contributed by atoms with Crippen LogP contribution in [0.3, 0.4) is 0 Å². The molecule has 1 aromatic rings. The van der Waals surface area contributed by atoms with Gasteiger partial charge in [0.1, 0.15) is 18.1 Å². The molecule has 1 heterocycles. The van der Waals surface area contributed by atoms with Crippen LogP contribution in [0, 0.1) is 0 Å². The van der Waals surface area contributed by atoms with Gasteiger partial charge >= 0.3 is 0 Å². The molecule has 0 aliphatic carbocycles. The maximum atomic E-state index is 11.3. The molecular formula is C16H24N2O3. The predicted molar refractivity (Wildman–Crippen MR) is 81.8 cm³/mol. The molecule has 1 amide bonds. The summed E-state index contributed by atoms with van der Waals surface area (Å²) in [6.45, 7) is 7.03. The normalized spacial score (nSPS) is 17.4. The summed E-state index contributed by atoms with van der Waals surface area (Å²) in [7, 11) is 0. The van der Waals surface area contributed by atoms with E-state index in [4.69, 9.17) is 10.5 Å². The lowest BCUT2D eigenvalue weighted by molar-refractivity contribution is 0.0996. The third kappa shape index (κ3) is 3.47. The van der Waals surface area contributed by atoms with Crippen molar-refractivity contribution in [3.63, 3.8) is 0 Å². The SMILES string of the molecule is CCCN(CCC)[C@H]1COc2cc(O)c(C(N)=O)cc2C1. The fourth-order valence-corrected chi connectivity index (χ4v) is 2.89. The number of nitrogens with zero attached hydrogens (tertiary/aromatic N) is 1. The number of carbonyl (C=O) groups is 1. The Bertz CT molecular complexity index is 510. The Morgan fingerprint density at radius 3 is 2.62 bits per heavy atom. The van der Waals surface area contributed by atoms with E-state index in [1.165, 1.54) is 6.07 Å². The molecule has 5 nitrogen and oxygen atoms in total. The molecule has 1 atom stereocenters. The fourth-order valence-electron chi connectivity index (χ4n) is 2.89. The number of aromatic hydroxyl groups is 1. The lowest BCUT2D eigenvalue weighted by Crippen LogP contribution is -2.44. The molecule has 116 valence electrons. The van der Waals surface area contributed by atoms with Crippen molar-refractivity contribution in [1.29, 1.82) is 0 Å². The Balaban J connectivity index is 2.22. The van der Waals surface area contributed by atoms with Gasteiger partial charge in [0.05, 0.1) is 5.56 Å². The van der Waals surface area contributed by atoms with Crippen molar-refractivity contribution >= 4 is 5.91 Å². The highest BCUT2D eigenvalue weighted by atomic mass is 16.5. The van der Waals surface area contributed by atoms with Gasteiger partial charge in [-0.05, 0) is 44.0 Å². The molecule has 1 aliphatic rings. The molecule has 0 saturated carbocycles. The van der Waals surface area contributed by atoms with E-state index in [-0.39, 0.29) is 11.3 Å². The molecule has 0 bridgehead atoms. The van der Waals surface area contributed by atoms with Gasteiger partial charge in [0.2, 0.25) is 0 Å². The summed E-state index contributed by atoms with van der Waals surface area (Å²) in [5.41, 5.74) is 6.39. The number of ether oxygens (including phenoxy) is 1. The van der Waals surface area contributed by atoms with Crippen molar-refractivity contribution in [1.82, 2.24) is 4.90 Å². The van der Waals surface area contributed by atoms with E-state index in [1.54, 1.807) is 6.07 Å². The molecule has 5 heteroatoms. The monoisotopic (exact) mass is 292 g/mol. The number of fused-ring (bicyclic) bond motifs is 1. The van der Waals surface area contributed by atoms with E-state index in [0.29, 0.717) is 18.4 Å². The Hall–Kier alpha value is -1.75. The van der Waals surface area contributed by atoms with Crippen molar-refractivity contribution in [2.75, 3.05) is 19.7 Å². The number of benzene rings is 1. The van der Waals surface area contributed by atoms with Crippen LogP contribution in [0.5, 0.6) is 11.5 Å². The number of nitrogens with two attached hydrogens (primary N) is 1. The molecule has 0 spiro atoms. The highest BCUT2D eigenvalue weighted by Gasteiger charge is 2.26. The molecule has 1 aromatic carbocycles. The standard InChI is InChI=1S/C16H24N2O3/c1-3-5-18(6-4-2)12-7-11-8-13(16(17)20)14(19)9-15(11)21-10-12/h8-9,12,19H,3-7,10H2,1-2H3,(H2,17,20)/t12-/m1/s1. The molecule has 3 N–H and O–H groups in total. The van der Waals surface area contributed by atoms with Gasteiger partial charge in [-0.2, -0.15) is 0 Å². The zero-order chi connectivity index (χ0) is 15.4. The van der Waals surface area contributed by atoms with Gasteiger partial charge in [0, 0.05) is 12.1 Å². The minimum Gasteiger partial charge on any atom is -0.507 e. The zero-order valence-electron chi connectivity index (χ0n) is 12.8. The Morgan fingerprint density at radius 1 is 1.38 bits per heavy atom. The Labute approximate surface area is 125 Å². The number of hydrogen-bond acceptors (Lipinski definition) is 4. The number of rotatable bonds is 6. The van der Waals surface area contributed by atoms with E-state index >= 15 is 0 Å². The van der Waals surface area contributed by atoms with Crippen LogP contribution in [0.1, 0.15) is 42.6 Å². The van der Waals surface area contributed by atoms with Crippen molar-refractivity contribution in [2.45, 2.75) is 39.2 Å². The van der Waals surface area contributed by atoms with Gasteiger partial charge in [0.25, 0.3) is 5.91 Å². The molecule has 0 radical (unpaired) electrons. The smallest absolute Gasteiger partial charge is 0.252 e. The molecular weight excluding hydrogens is 268 g/mol. The van der Waals surface area contributed by atoms with E-state index < -0.39 is 5.91 Å². The number of carbonyl (C=O) groups excluding carboxylic acids is 1. The van der Waals surface area contributed by atoms with Crippen LogP contribution in [0.2, 0.25) is 0 Å². The van der Waals surface area contributed by atoms with Crippen LogP contribution in [0.4, 0.5) is 0 Å². The molecule has 21 heavy (non-hydrogen) atoms. The predicted octanol–water partition coefficient (Wildman–Crippen LogP) is 1.92. The van der Waals surface area contributed by atoms with Gasteiger partial charge in [-0.1, -0.05) is 13.8 Å². The maximum absolute atomic E-state index is 11.3. The van der Waals surface area contributed by atoms with Crippen molar-refractivity contribution in [2.24, 2.45) is 5.73 Å². The number of phenols is 1. The molecule has 1 aliphatic heterocycles. The van der Waals surface area contributed by atoms with E-state index in [2.05, 4.69) is 18.7 Å². The van der Waals surface area contributed by atoms with Crippen molar-refractivity contribution in [3.8, 4) is 11.5 Å². The van der Waals surface area contributed by atoms with Crippen molar-refractivity contribution < 1.29 is 14.6 Å². The minimum atomic E-state index is -0.614. The minimum absolute atomic E-state index is 0.112. The third-order valence-electron chi connectivity index (χ3n) is 3.87. The van der Waals surface area contributed by atoms with Gasteiger partial charge in [-0.3, -0.25) is 9.69 Å². The van der Waals surface area contributed by atoms with E-state index in [9.17, 15) is 9.90 Å². The van der Waals surface area contributed by atoms with Gasteiger partial charge in [-0.15, -0.1) is 0 Å². The highest BCUT2D eigenvalue weighted by molar-refractivity contribution is 5.96. The Kier molecular flexibility index (Phi) is 5.07. The van der Waals surface area contributed by atoms with Crippen LogP contribution in [-0.4, -0.2) is 41.7 Å². The highest BCUT2D eigenvalue weighted by Crippen LogP contribution is 2.32. The topological polar surface area (TPSA) is 75.8 Å². The van der Waals surface area contributed by atoms with E-state index in [0.717, 1.165) is 37.9 Å². The quantitative estimate of drug-likeness (QED) is 0.840. The Morgan fingerprint density at radius 2 is 2.05 bits per heavy atom. The van der Waals surface area contributed by atoms with Gasteiger partial charge in [-0.25, -0.2) is 0 Å². The lowest BCUT2D eigenvalue weighted by atomic mass is 9.98. The van der Waals surface area contributed by atoms with Crippen LogP contribution in [0.15, 0.2) is 12.1 Å².